The Morgan fingerprint density at radius 2 is 2.06 bits per heavy atom. The summed E-state index contributed by atoms with van der Waals surface area (Å²) in [7, 11) is 0. The maximum absolute atomic E-state index is 12.6. The topological polar surface area (TPSA) is 12.0 Å². The number of nitrogens with one attached hydrogen (secondary N) is 1. The van der Waals surface area contributed by atoms with Gasteiger partial charge in [0.15, 0.2) is 0 Å². The summed E-state index contributed by atoms with van der Waals surface area (Å²) in [5.74, 6) is 0. The molecule has 0 radical (unpaired) electrons. The minimum atomic E-state index is -4.25. The molecule has 1 fully saturated rings. The van der Waals surface area contributed by atoms with E-state index in [4.69, 9.17) is 0 Å². The fraction of sp³-hybridized carbons (Fsp3) is 0.538. The summed E-state index contributed by atoms with van der Waals surface area (Å²) in [6, 6.07) is 5.62. The molecule has 1 aromatic carbocycles. The van der Waals surface area contributed by atoms with Gasteiger partial charge in [-0.25, -0.2) is 0 Å². The van der Waals surface area contributed by atoms with Gasteiger partial charge in [0, 0.05) is 5.54 Å². The van der Waals surface area contributed by atoms with Gasteiger partial charge >= 0.3 is 6.18 Å². The van der Waals surface area contributed by atoms with Crippen molar-refractivity contribution >= 4 is 12.4 Å². The van der Waals surface area contributed by atoms with E-state index < -0.39 is 11.7 Å². The lowest BCUT2D eigenvalue weighted by Gasteiger charge is -2.24. The van der Waals surface area contributed by atoms with Crippen LogP contribution in [0.2, 0.25) is 0 Å². The summed E-state index contributed by atoms with van der Waals surface area (Å²) >= 11 is 0. The Kier molecular flexibility index (Phi) is 4.67. The molecule has 1 aromatic rings. The third-order valence-electron chi connectivity index (χ3n) is 3.31. The molecule has 0 aliphatic carbocycles. The summed E-state index contributed by atoms with van der Waals surface area (Å²) in [6.45, 7) is 3.02. The van der Waals surface area contributed by atoms with Crippen LogP contribution in [0.1, 0.15) is 30.9 Å². The number of halogens is 4. The largest absolute Gasteiger partial charge is 0.416 e. The van der Waals surface area contributed by atoms with Gasteiger partial charge < -0.3 is 5.32 Å². The third kappa shape index (κ3) is 3.62. The van der Waals surface area contributed by atoms with E-state index in [2.05, 4.69) is 12.2 Å². The van der Waals surface area contributed by atoms with Gasteiger partial charge in [-0.15, -0.1) is 12.4 Å². The highest BCUT2D eigenvalue weighted by atomic mass is 35.5. The molecule has 1 unspecified atom stereocenters. The average molecular weight is 280 g/mol. The Morgan fingerprint density at radius 1 is 1.33 bits per heavy atom. The van der Waals surface area contributed by atoms with Gasteiger partial charge in [-0.05, 0) is 44.4 Å². The third-order valence-corrected chi connectivity index (χ3v) is 3.31. The van der Waals surface area contributed by atoms with Gasteiger partial charge in [0.2, 0.25) is 0 Å². The predicted molar refractivity (Wildman–Crippen MR) is 68.0 cm³/mol. The van der Waals surface area contributed by atoms with Crippen LogP contribution >= 0.6 is 12.4 Å². The smallest absolute Gasteiger partial charge is 0.311 e. The van der Waals surface area contributed by atoms with Crippen LogP contribution in [0.15, 0.2) is 24.3 Å². The molecule has 1 heterocycles. The van der Waals surface area contributed by atoms with E-state index >= 15 is 0 Å². The summed E-state index contributed by atoms with van der Waals surface area (Å²) in [4.78, 5) is 0. The van der Waals surface area contributed by atoms with Crippen LogP contribution in [0.3, 0.4) is 0 Å². The zero-order valence-electron chi connectivity index (χ0n) is 10.2. The Bertz CT molecular complexity index is 397. The second kappa shape index (κ2) is 5.49. The molecule has 1 aliphatic rings. The van der Waals surface area contributed by atoms with Gasteiger partial charge in [-0.1, -0.05) is 18.2 Å². The molecule has 1 saturated heterocycles. The molecule has 1 aliphatic heterocycles. The lowest BCUT2D eigenvalue weighted by atomic mass is 9.91. The second-order valence-corrected chi connectivity index (χ2v) is 4.97. The molecule has 2 rings (SSSR count). The molecule has 1 nitrogen and oxygen atoms in total. The van der Waals surface area contributed by atoms with E-state index in [9.17, 15) is 13.2 Å². The molecule has 18 heavy (non-hydrogen) atoms. The molecule has 1 N–H and O–H groups in total. The number of alkyl halides is 3. The quantitative estimate of drug-likeness (QED) is 0.868. The first-order chi connectivity index (χ1) is 7.89. The van der Waals surface area contributed by atoms with Crippen molar-refractivity contribution in [1.82, 2.24) is 5.32 Å². The van der Waals surface area contributed by atoms with Gasteiger partial charge in [-0.3, -0.25) is 0 Å². The lowest BCUT2D eigenvalue weighted by molar-refractivity contribution is -0.137. The Hall–Kier alpha value is -0.740. The van der Waals surface area contributed by atoms with E-state index in [-0.39, 0.29) is 17.9 Å². The van der Waals surface area contributed by atoms with Crippen LogP contribution in [-0.4, -0.2) is 12.1 Å². The first-order valence-corrected chi connectivity index (χ1v) is 5.80. The van der Waals surface area contributed by atoms with E-state index in [0.717, 1.165) is 31.0 Å². The van der Waals surface area contributed by atoms with E-state index in [1.54, 1.807) is 6.07 Å². The van der Waals surface area contributed by atoms with Crippen LogP contribution in [0.25, 0.3) is 0 Å². The second-order valence-electron chi connectivity index (χ2n) is 4.97. The first kappa shape index (κ1) is 15.3. The summed E-state index contributed by atoms with van der Waals surface area (Å²) in [5, 5.41) is 3.36. The van der Waals surface area contributed by atoms with Crippen molar-refractivity contribution < 1.29 is 13.2 Å². The number of hydrogen-bond donors (Lipinski definition) is 1. The Balaban J connectivity index is 0.00000162. The van der Waals surface area contributed by atoms with Crippen LogP contribution < -0.4 is 5.32 Å². The molecule has 102 valence electrons. The molecular weight excluding hydrogens is 263 g/mol. The number of hydrogen-bond acceptors (Lipinski definition) is 1. The van der Waals surface area contributed by atoms with Crippen LogP contribution in [0.5, 0.6) is 0 Å². The van der Waals surface area contributed by atoms with Crippen molar-refractivity contribution in [1.29, 1.82) is 0 Å². The maximum atomic E-state index is 12.6. The summed E-state index contributed by atoms with van der Waals surface area (Å²) in [5.41, 5.74) is 0.137. The van der Waals surface area contributed by atoms with Crippen LogP contribution in [-0.2, 0) is 12.6 Å². The lowest BCUT2D eigenvalue weighted by Crippen LogP contribution is -2.38. The van der Waals surface area contributed by atoms with Crippen molar-refractivity contribution in [3.63, 3.8) is 0 Å². The van der Waals surface area contributed by atoms with E-state index in [1.807, 2.05) is 0 Å². The number of benzene rings is 1. The Labute approximate surface area is 111 Å². The standard InChI is InChI=1S/C13H16F3N.ClH/c1-12(6-3-7-17-12)9-10-4-2-5-11(8-10)13(14,15)16;/h2,4-5,8,17H,3,6-7,9H2,1H3;1H. The summed E-state index contributed by atoms with van der Waals surface area (Å²) < 4.78 is 37.7. The van der Waals surface area contributed by atoms with Crippen molar-refractivity contribution in [2.24, 2.45) is 0 Å². The molecule has 0 aromatic heterocycles. The maximum Gasteiger partial charge on any atom is 0.416 e. The van der Waals surface area contributed by atoms with Crippen LogP contribution in [0.4, 0.5) is 13.2 Å². The monoisotopic (exact) mass is 279 g/mol. The normalized spacial score (nSPS) is 23.8. The van der Waals surface area contributed by atoms with Gasteiger partial charge in [0.1, 0.15) is 0 Å². The minimum Gasteiger partial charge on any atom is -0.311 e. The molecule has 0 spiro atoms. The number of rotatable bonds is 2. The Morgan fingerprint density at radius 3 is 2.61 bits per heavy atom. The zero-order valence-corrected chi connectivity index (χ0v) is 11.0. The van der Waals surface area contributed by atoms with Crippen molar-refractivity contribution in [2.75, 3.05) is 6.54 Å². The van der Waals surface area contributed by atoms with Crippen LogP contribution in [0, 0.1) is 0 Å². The highest BCUT2D eigenvalue weighted by molar-refractivity contribution is 5.85. The van der Waals surface area contributed by atoms with E-state index in [1.165, 1.54) is 12.1 Å². The van der Waals surface area contributed by atoms with Crippen molar-refractivity contribution in [3.8, 4) is 0 Å². The molecular formula is C13H17ClF3N. The van der Waals surface area contributed by atoms with Crippen molar-refractivity contribution in [2.45, 2.75) is 37.9 Å². The SMILES string of the molecule is CC1(Cc2cccc(C(F)(F)F)c2)CCCN1.Cl. The zero-order chi connectivity index (χ0) is 12.5. The fourth-order valence-corrected chi connectivity index (χ4v) is 2.42. The average Bonchev–Trinajstić information content (AvgIpc) is 2.64. The minimum absolute atomic E-state index is 0. The van der Waals surface area contributed by atoms with E-state index in [0.29, 0.717) is 6.42 Å². The molecule has 1 atom stereocenters. The fourth-order valence-electron chi connectivity index (χ4n) is 2.42. The molecule has 0 amide bonds. The predicted octanol–water partition coefficient (Wildman–Crippen LogP) is 3.81. The highest BCUT2D eigenvalue weighted by Crippen LogP contribution is 2.31. The first-order valence-electron chi connectivity index (χ1n) is 5.80. The van der Waals surface area contributed by atoms with Crippen molar-refractivity contribution in [3.05, 3.63) is 35.4 Å². The van der Waals surface area contributed by atoms with Gasteiger partial charge in [0.05, 0.1) is 5.56 Å². The molecule has 0 saturated carbocycles. The molecule has 5 heteroatoms. The summed E-state index contributed by atoms with van der Waals surface area (Å²) in [6.07, 6.45) is -1.49. The van der Waals surface area contributed by atoms with Gasteiger partial charge in [-0.2, -0.15) is 13.2 Å². The highest BCUT2D eigenvalue weighted by Gasteiger charge is 2.32. The van der Waals surface area contributed by atoms with Gasteiger partial charge in [0.25, 0.3) is 0 Å². The molecule has 0 bridgehead atoms.